The van der Waals surface area contributed by atoms with Crippen molar-refractivity contribution in [1.82, 2.24) is 4.90 Å². The molecule has 1 fully saturated rings. The number of nitrogens with zero attached hydrogens (tertiary/aromatic N) is 1. The Hall–Kier alpha value is -1.00. The molecule has 0 radical (unpaired) electrons. The van der Waals surface area contributed by atoms with E-state index < -0.39 is 11.6 Å². The molecule has 4 heteroatoms. The molecule has 0 spiro atoms. The summed E-state index contributed by atoms with van der Waals surface area (Å²) in [6, 6.07) is 4.26. The summed E-state index contributed by atoms with van der Waals surface area (Å²) in [5.74, 6) is -1.02. The number of benzene rings is 1. The van der Waals surface area contributed by atoms with Gasteiger partial charge in [0, 0.05) is 18.2 Å². The van der Waals surface area contributed by atoms with Gasteiger partial charge in [-0.1, -0.05) is 12.1 Å². The largest absolute Gasteiger partial charge is 0.330 e. The summed E-state index contributed by atoms with van der Waals surface area (Å²) < 4.78 is 26.8. The fourth-order valence-electron chi connectivity index (χ4n) is 2.45. The van der Waals surface area contributed by atoms with Crippen molar-refractivity contribution in [3.8, 4) is 0 Å². The highest BCUT2D eigenvalue weighted by Gasteiger charge is 2.27. The van der Waals surface area contributed by atoms with Gasteiger partial charge in [0.05, 0.1) is 0 Å². The Kier molecular flexibility index (Phi) is 3.74. The van der Waals surface area contributed by atoms with Gasteiger partial charge in [-0.25, -0.2) is 8.78 Å². The van der Waals surface area contributed by atoms with Gasteiger partial charge in [-0.15, -0.1) is 0 Å². The van der Waals surface area contributed by atoms with Crippen LogP contribution in [0.5, 0.6) is 0 Å². The first-order valence-corrected chi connectivity index (χ1v) is 6.01. The molecule has 2 rings (SSSR count). The number of hydrogen-bond acceptors (Lipinski definition) is 2. The van der Waals surface area contributed by atoms with Crippen LogP contribution in [0.4, 0.5) is 8.78 Å². The van der Waals surface area contributed by atoms with Crippen LogP contribution in [-0.2, 0) is 0 Å². The molecular formula is C13H18F2N2. The molecular weight excluding hydrogens is 222 g/mol. The fraction of sp³-hybridized carbons (Fsp3) is 0.538. The predicted molar refractivity (Wildman–Crippen MR) is 63.5 cm³/mol. The smallest absolute Gasteiger partial charge is 0.163 e. The minimum atomic E-state index is -0.774. The molecule has 0 aliphatic carbocycles. The summed E-state index contributed by atoms with van der Waals surface area (Å²) in [6.07, 6.45) is 1.04. The lowest BCUT2D eigenvalue weighted by Crippen LogP contribution is -2.27. The van der Waals surface area contributed by atoms with Gasteiger partial charge in [-0.2, -0.15) is 0 Å². The molecule has 17 heavy (non-hydrogen) atoms. The van der Waals surface area contributed by atoms with Gasteiger partial charge in [0.25, 0.3) is 0 Å². The number of likely N-dealkylation sites (tertiary alicyclic amines) is 1. The zero-order chi connectivity index (χ0) is 12.4. The summed E-state index contributed by atoms with van der Waals surface area (Å²) in [7, 11) is 0. The molecule has 0 bridgehead atoms. The Morgan fingerprint density at radius 2 is 2.24 bits per heavy atom. The third-order valence-electron chi connectivity index (χ3n) is 3.63. The van der Waals surface area contributed by atoms with Gasteiger partial charge in [-0.3, -0.25) is 4.90 Å². The topological polar surface area (TPSA) is 29.3 Å². The Balaban J connectivity index is 2.15. The number of rotatable bonds is 3. The van der Waals surface area contributed by atoms with Crippen molar-refractivity contribution in [3.05, 3.63) is 35.4 Å². The van der Waals surface area contributed by atoms with Gasteiger partial charge in [0.2, 0.25) is 0 Å². The van der Waals surface area contributed by atoms with Crippen molar-refractivity contribution in [2.75, 3.05) is 19.6 Å². The molecule has 1 aromatic carbocycles. The third kappa shape index (κ3) is 2.48. The van der Waals surface area contributed by atoms with Crippen molar-refractivity contribution in [2.45, 2.75) is 19.4 Å². The van der Waals surface area contributed by atoms with Crippen LogP contribution < -0.4 is 5.73 Å². The molecule has 1 saturated heterocycles. The minimum Gasteiger partial charge on any atom is -0.330 e. The average Bonchev–Trinajstić information content (AvgIpc) is 2.80. The van der Waals surface area contributed by atoms with Gasteiger partial charge in [-0.05, 0) is 38.4 Å². The Bertz CT molecular complexity index is 395. The van der Waals surface area contributed by atoms with Gasteiger partial charge in [0.15, 0.2) is 11.6 Å². The second-order valence-electron chi connectivity index (χ2n) is 4.70. The van der Waals surface area contributed by atoms with Crippen molar-refractivity contribution in [1.29, 1.82) is 0 Å². The quantitative estimate of drug-likeness (QED) is 0.878. The van der Waals surface area contributed by atoms with Crippen LogP contribution in [0, 0.1) is 17.6 Å². The van der Waals surface area contributed by atoms with Crippen molar-refractivity contribution >= 4 is 0 Å². The normalized spacial score (nSPS) is 22.9. The zero-order valence-electron chi connectivity index (χ0n) is 10.00. The number of nitrogens with two attached hydrogens (primary N) is 1. The summed E-state index contributed by atoms with van der Waals surface area (Å²) in [6.45, 7) is 4.35. The molecule has 0 saturated carbocycles. The van der Waals surface area contributed by atoms with Crippen molar-refractivity contribution in [3.63, 3.8) is 0 Å². The van der Waals surface area contributed by atoms with Crippen LogP contribution in [0.15, 0.2) is 18.2 Å². The van der Waals surface area contributed by atoms with E-state index in [1.165, 1.54) is 0 Å². The van der Waals surface area contributed by atoms with Crippen LogP contribution in [0.3, 0.4) is 0 Å². The maximum Gasteiger partial charge on any atom is 0.163 e. The Labute approximate surface area is 100 Å². The second-order valence-corrected chi connectivity index (χ2v) is 4.70. The van der Waals surface area contributed by atoms with E-state index in [2.05, 4.69) is 4.90 Å². The second kappa shape index (κ2) is 5.10. The molecule has 2 atom stereocenters. The fourth-order valence-corrected chi connectivity index (χ4v) is 2.45. The van der Waals surface area contributed by atoms with Crippen LogP contribution >= 0.6 is 0 Å². The highest BCUT2D eigenvalue weighted by molar-refractivity contribution is 5.22. The third-order valence-corrected chi connectivity index (χ3v) is 3.63. The summed E-state index contributed by atoms with van der Waals surface area (Å²) in [4.78, 5) is 2.16. The van der Waals surface area contributed by atoms with E-state index >= 15 is 0 Å². The lowest BCUT2D eigenvalue weighted by molar-refractivity contribution is 0.246. The lowest BCUT2D eigenvalue weighted by Gasteiger charge is -2.25. The highest BCUT2D eigenvalue weighted by Crippen LogP contribution is 2.29. The van der Waals surface area contributed by atoms with E-state index in [1.54, 1.807) is 12.1 Å². The van der Waals surface area contributed by atoms with Crippen molar-refractivity contribution < 1.29 is 8.78 Å². The summed E-state index contributed by atoms with van der Waals surface area (Å²) >= 11 is 0. The number of halogens is 2. The minimum absolute atomic E-state index is 0.0951. The highest BCUT2D eigenvalue weighted by atomic mass is 19.2. The van der Waals surface area contributed by atoms with E-state index in [1.807, 2.05) is 6.92 Å². The Morgan fingerprint density at radius 1 is 1.47 bits per heavy atom. The van der Waals surface area contributed by atoms with Gasteiger partial charge >= 0.3 is 0 Å². The van der Waals surface area contributed by atoms with Crippen molar-refractivity contribution in [2.24, 2.45) is 11.7 Å². The first-order chi connectivity index (χ1) is 8.13. The molecule has 1 aromatic rings. The van der Waals surface area contributed by atoms with E-state index in [0.717, 1.165) is 25.6 Å². The van der Waals surface area contributed by atoms with E-state index in [-0.39, 0.29) is 6.04 Å². The molecule has 1 aliphatic rings. The average molecular weight is 240 g/mol. The number of hydrogen-bond donors (Lipinski definition) is 1. The van der Waals surface area contributed by atoms with E-state index in [0.29, 0.717) is 18.0 Å². The maximum absolute atomic E-state index is 13.7. The van der Waals surface area contributed by atoms with Gasteiger partial charge < -0.3 is 5.73 Å². The van der Waals surface area contributed by atoms with Crippen LogP contribution in [0.25, 0.3) is 0 Å². The van der Waals surface area contributed by atoms with Crippen LogP contribution in [0.2, 0.25) is 0 Å². The molecule has 1 heterocycles. The molecule has 2 N–H and O–H groups in total. The molecule has 94 valence electrons. The zero-order valence-corrected chi connectivity index (χ0v) is 10.00. The summed E-state index contributed by atoms with van der Waals surface area (Å²) in [5, 5.41) is 0. The first-order valence-electron chi connectivity index (χ1n) is 6.01. The van der Waals surface area contributed by atoms with E-state index in [9.17, 15) is 8.78 Å². The monoisotopic (exact) mass is 240 g/mol. The first kappa shape index (κ1) is 12.5. The van der Waals surface area contributed by atoms with Crippen LogP contribution in [-0.4, -0.2) is 24.5 Å². The SMILES string of the molecule is CC(c1cccc(F)c1F)N1CCC(CN)C1. The molecule has 0 aromatic heterocycles. The standard InChI is InChI=1S/C13H18F2N2/c1-9(17-6-5-10(7-16)8-17)11-3-2-4-12(14)13(11)15/h2-4,9-10H,5-8,16H2,1H3. The molecule has 2 nitrogen and oxygen atoms in total. The lowest BCUT2D eigenvalue weighted by atomic mass is 10.1. The molecule has 1 aliphatic heterocycles. The molecule has 2 unspecified atom stereocenters. The maximum atomic E-state index is 13.7. The Morgan fingerprint density at radius 3 is 2.88 bits per heavy atom. The summed E-state index contributed by atoms with van der Waals surface area (Å²) in [5.41, 5.74) is 6.06. The van der Waals surface area contributed by atoms with Gasteiger partial charge in [0.1, 0.15) is 0 Å². The van der Waals surface area contributed by atoms with Crippen LogP contribution in [0.1, 0.15) is 24.9 Å². The molecule has 0 amide bonds. The van der Waals surface area contributed by atoms with E-state index in [4.69, 9.17) is 5.73 Å². The predicted octanol–water partition coefficient (Wildman–Crippen LogP) is 2.31.